The number of esters is 1. The number of hydrogen-bond donors (Lipinski definition) is 1. The maximum Gasteiger partial charge on any atom is 0.318 e. The fourth-order valence-electron chi connectivity index (χ4n) is 2.38. The molecule has 3 rings (SSSR count). The molecule has 1 N–H and O–H groups in total. The molecule has 2 aromatic heterocycles. The molecule has 2 heterocycles. The van der Waals surface area contributed by atoms with Gasteiger partial charge in [-0.25, -0.2) is 9.67 Å². The number of benzene rings is 1. The fourth-order valence-corrected chi connectivity index (χ4v) is 3.20. The van der Waals surface area contributed by atoms with E-state index in [0.717, 1.165) is 23.0 Å². The molecule has 25 heavy (non-hydrogen) atoms. The van der Waals surface area contributed by atoms with Gasteiger partial charge in [0.1, 0.15) is 10.6 Å². The van der Waals surface area contributed by atoms with Crippen molar-refractivity contribution in [3.63, 3.8) is 0 Å². The molecule has 0 spiro atoms. The molecule has 0 bridgehead atoms. The molecule has 0 fully saturated rings. The van der Waals surface area contributed by atoms with Gasteiger partial charge in [-0.3, -0.25) is 9.59 Å². The highest BCUT2D eigenvalue weighted by molar-refractivity contribution is 8.00. The summed E-state index contributed by atoms with van der Waals surface area (Å²) in [5, 5.41) is 4.56. The number of nitrogens with one attached hydrogen (secondary N) is 1. The maximum absolute atomic E-state index is 12.3. The first-order chi connectivity index (χ1) is 11.9. The van der Waals surface area contributed by atoms with Gasteiger partial charge in [-0.15, -0.1) is 0 Å². The lowest BCUT2D eigenvalue weighted by molar-refractivity contribution is -0.139. The van der Waals surface area contributed by atoms with E-state index in [4.69, 9.17) is 4.74 Å². The summed E-state index contributed by atoms with van der Waals surface area (Å²) in [5.74, 6) is -0.379. The smallest absolute Gasteiger partial charge is 0.318 e. The van der Waals surface area contributed by atoms with Crippen molar-refractivity contribution in [2.75, 3.05) is 7.11 Å². The van der Waals surface area contributed by atoms with Crippen LogP contribution in [0, 0.1) is 13.8 Å². The van der Waals surface area contributed by atoms with Gasteiger partial charge in [-0.2, -0.15) is 5.10 Å². The number of nitrogens with zero attached hydrogens (tertiary/aromatic N) is 3. The molecule has 0 aliphatic heterocycles. The molecule has 0 saturated carbocycles. The van der Waals surface area contributed by atoms with Crippen LogP contribution >= 0.6 is 11.8 Å². The van der Waals surface area contributed by atoms with Crippen LogP contribution in [-0.4, -0.2) is 38.1 Å². The highest BCUT2D eigenvalue weighted by Gasteiger charge is 2.18. The predicted molar refractivity (Wildman–Crippen MR) is 96.3 cm³/mol. The Morgan fingerprint density at radius 1 is 1.32 bits per heavy atom. The monoisotopic (exact) mass is 358 g/mol. The molecule has 1 atom stereocenters. The minimum atomic E-state index is -0.483. The van der Waals surface area contributed by atoms with Crippen LogP contribution in [-0.2, 0) is 9.53 Å². The van der Waals surface area contributed by atoms with Crippen LogP contribution in [0.15, 0.2) is 34.3 Å². The molecule has 3 aromatic rings. The second-order valence-corrected chi connectivity index (χ2v) is 7.05. The van der Waals surface area contributed by atoms with Crippen LogP contribution in [0.1, 0.15) is 18.1 Å². The predicted octanol–water partition coefficient (Wildman–Crippen LogP) is 2.38. The van der Waals surface area contributed by atoms with Gasteiger partial charge in [-0.1, -0.05) is 17.8 Å². The average molecular weight is 358 g/mol. The lowest BCUT2D eigenvalue weighted by Gasteiger charge is -2.09. The highest BCUT2D eigenvalue weighted by Crippen LogP contribution is 2.22. The van der Waals surface area contributed by atoms with E-state index >= 15 is 0 Å². The SMILES string of the molecule is COC(=O)[C@H](C)Sc1nc2c(cnn2-c2ccc(C)c(C)c2)c(=O)[nH]1. The number of carbonyl (C=O) groups is 1. The first-order valence-corrected chi connectivity index (χ1v) is 8.59. The molecular formula is C17H18N4O3S. The van der Waals surface area contributed by atoms with E-state index in [1.165, 1.54) is 18.9 Å². The summed E-state index contributed by atoms with van der Waals surface area (Å²) >= 11 is 1.14. The second-order valence-electron chi connectivity index (χ2n) is 5.72. The third-order valence-corrected chi connectivity index (χ3v) is 4.94. The summed E-state index contributed by atoms with van der Waals surface area (Å²) in [4.78, 5) is 31.1. The van der Waals surface area contributed by atoms with E-state index in [0.29, 0.717) is 16.2 Å². The number of carbonyl (C=O) groups excluding carboxylic acids is 1. The molecule has 0 radical (unpaired) electrons. The number of H-pyrrole nitrogens is 1. The first-order valence-electron chi connectivity index (χ1n) is 7.71. The topological polar surface area (TPSA) is 89.9 Å². The van der Waals surface area contributed by atoms with E-state index in [1.54, 1.807) is 11.6 Å². The zero-order valence-electron chi connectivity index (χ0n) is 14.4. The zero-order chi connectivity index (χ0) is 18.1. The van der Waals surface area contributed by atoms with Crippen molar-refractivity contribution in [1.29, 1.82) is 0 Å². The van der Waals surface area contributed by atoms with Crippen molar-refractivity contribution >= 4 is 28.8 Å². The molecular weight excluding hydrogens is 340 g/mol. The van der Waals surface area contributed by atoms with Gasteiger partial charge >= 0.3 is 5.97 Å². The van der Waals surface area contributed by atoms with E-state index in [9.17, 15) is 9.59 Å². The van der Waals surface area contributed by atoms with Gasteiger partial charge in [0.25, 0.3) is 5.56 Å². The summed E-state index contributed by atoms with van der Waals surface area (Å²) in [6.45, 7) is 5.75. The zero-order valence-corrected chi connectivity index (χ0v) is 15.2. The van der Waals surface area contributed by atoms with Crippen LogP contribution in [0.4, 0.5) is 0 Å². The van der Waals surface area contributed by atoms with Crippen LogP contribution in [0.3, 0.4) is 0 Å². The standard InChI is InChI=1S/C17H18N4O3S/c1-9-5-6-12(7-10(9)2)21-14-13(8-18-21)15(22)20-17(19-14)25-11(3)16(23)24-4/h5-8,11H,1-4H3,(H,19,20,22)/t11-/m0/s1. The molecule has 8 heteroatoms. The third-order valence-electron chi connectivity index (χ3n) is 3.97. The lowest BCUT2D eigenvalue weighted by Crippen LogP contribution is -2.17. The van der Waals surface area contributed by atoms with E-state index < -0.39 is 5.25 Å². The number of aromatic amines is 1. The van der Waals surface area contributed by atoms with Gasteiger partial charge in [0.05, 0.1) is 19.0 Å². The Morgan fingerprint density at radius 3 is 2.76 bits per heavy atom. The molecule has 0 amide bonds. The van der Waals surface area contributed by atoms with Crippen LogP contribution < -0.4 is 5.56 Å². The van der Waals surface area contributed by atoms with Crippen molar-refractivity contribution in [3.05, 3.63) is 45.9 Å². The Kier molecular flexibility index (Phi) is 4.63. The van der Waals surface area contributed by atoms with Crippen molar-refractivity contribution in [2.24, 2.45) is 0 Å². The molecule has 130 valence electrons. The number of thioether (sulfide) groups is 1. The van der Waals surface area contributed by atoms with Gasteiger partial charge < -0.3 is 9.72 Å². The molecule has 0 aliphatic rings. The number of fused-ring (bicyclic) bond motifs is 1. The van der Waals surface area contributed by atoms with Crippen LogP contribution in [0.25, 0.3) is 16.7 Å². The summed E-state index contributed by atoms with van der Waals surface area (Å²) < 4.78 is 6.34. The number of ether oxygens (including phenoxy) is 1. The Morgan fingerprint density at radius 2 is 2.08 bits per heavy atom. The Balaban J connectivity index is 2.08. The summed E-state index contributed by atoms with van der Waals surface area (Å²) in [6, 6.07) is 5.93. The number of hydrogen-bond acceptors (Lipinski definition) is 6. The Bertz CT molecular complexity index is 1010. The first kappa shape index (κ1) is 17.2. The molecule has 0 saturated heterocycles. The van der Waals surface area contributed by atoms with E-state index in [2.05, 4.69) is 15.1 Å². The highest BCUT2D eigenvalue weighted by atomic mass is 32.2. The third kappa shape index (κ3) is 3.30. The summed E-state index contributed by atoms with van der Waals surface area (Å²) in [6.07, 6.45) is 1.49. The fraction of sp³-hybridized carbons (Fsp3) is 0.294. The second kappa shape index (κ2) is 6.72. The minimum Gasteiger partial charge on any atom is -0.468 e. The normalized spacial score (nSPS) is 12.3. The largest absolute Gasteiger partial charge is 0.468 e. The average Bonchev–Trinajstić information content (AvgIpc) is 3.01. The van der Waals surface area contributed by atoms with Crippen LogP contribution in [0.5, 0.6) is 0 Å². The van der Waals surface area contributed by atoms with Crippen molar-refractivity contribution < 1.29 is 9.53 Å². The van der Waals surface area contributed by atoms with Gasteiger partial charge in [0, 0.05) is 0 Å². The van der Waals surface area contributed by atoms with Gasteiger partial charge in [0.2, 0.25) is 0 Å². The van der Waals surface area contributed by atoms with Crippen molar-refractivity contribution in [2.45, 2.75) is 31.2 Å². The number of rotatable bonds is 4. The van der Waals surface area contributed by atoms with Gasteiger partial charge in [0.15, 0.2) is 10.8 Å². The van der Waals surface area contributed by atoms with Crippen molar-refractivity contribution in [1.82, 2.24) is 19.7 Å². The minimum absolute atomic E-state index is 0.292. The van der Waals surface area contributed by atoms with Gasteiger partial charge in [-0.05, 0) is 44.0 Å². The summed E-state index contributed by atoms with van der Waals surface area (Å²) in [7, 11) is 1.33. The Labute approximate surface area is 148 Å². The molecule has 0 aliphatic carbocycles. The van der Waals surface area contributed by atoms with E-state index in [1.807, 2.05) is 32.0 Å². The number of aromatic nitrogens is 4. The van der Waals surface area contributed by atoms with E-state index in [-0.39, 0.29) is 11.5 Å². The Hall–Kier alpha value is -2.61. The molecule has 0 unspecified atom stereocenters. The lowest BCUT2D eigenvalue weighted by atomic mass is 10.1. The number of aryl methyl sites for hydroxylation is 2. The molecule has 7 nitrogen and oxygen atoms in total. The van der Waals surface area contributed by atoms with Crippen LogP contribution in [0.2, 0.25) is 0 Å². The van der Waals surface area contributed by atoms with Crippen molar-refractivity contribution in [3.8, 4) is 5.69 Å². The number of methoxy groups -OCH3 is 1. The maximum atomic E-state index is 12.3. The molecule has 1 aromatic carbocycles. The quantitative estimate of drug-likeness (QED) is 0.437. The summed E-state index contributed by atoms with van der Waals surface area (Å²) in [5.41, 5.74) is 3.29.